The first-order valence-corrected chi connectivity index (χ1v) is 8.95. The SMILES string of the molecule is CNC(=O)c1ccc(CN(C)C(=O)c2cccc(NC(=O)C3CC3)c2)cc1. The van der Waals surface area contributed by atoms with Crippen LogP contribution in [0.3, 0.4) is 0 Å². The Morgan fingerprint density at radius 3 is 2.37 bits per heavy atom. The van der Waals surface area contributed by atoms with Gasteiger partial charge in [0.2, 0.25) is 5.91 Å². The van der Waals surface area contributed by atoms with Gasteiger partial charge in [-0.3, -0.25) is 14.4 Å². The summed E-state index contributed by atoms with van der Waals surface area (Å²) in [7, 11) is 3.31. The third-order valence-corrected chi connectivity index (χ3v) is 4.53. The maximum absolute atomic E-state index is 12.7. The van der Waals surface area contributed by atoms with Crippen molar-refractivity contribution in [3.05, 3.63) is 65.2 Å². The molecule has 0 unspecified atom stereocenters. The van der Waals surface area contributed by atoms with Gasteiger partial charge >= 0.3 is 0 Å². The Bertz CT molecular complexity index is 857. The smallest absolute Gasteiger partial charge is 0.253 e. The van der Waals surface area contributed by atoms with Crippen molar-refractivity contribution in [2.24, 2.45) is 5.92 Å². The van der Waals surface area contributed by atoms with Gasteiger partial charge in [0, 0.05) is 43.4 Å². The van der Waals surface area contributed by atoms with Crippen molar-refractivity contribution >= 4 is 23.4 Å². The van der Waals surface area contributed by atoms with E-state index >= 15 is 0 Å². The normalized spacial score (nSPS) is 13.0. The highest BCUT2D eigenvalue weighted by Crippen LogP contribution is 2.30. The van der Waals surface area contributed by atoms with Crippen LogP contribution in [0.2, 0.25) is 0 Å². The number of hydrogen-bond donors (Lipinski definition) is 2. The van der Waals surface area contributed by atoms with E-state index in [1.54, 1.807) is 55.4 Å². The van der Waals surface area contributed by atoms with Crippen molar-refractivity contribution in [1.82, 2.24) is 10.2 Å². The van der Waals surface area contributed by atoms with Crippen molar-refractivity contribution in [3.8, 4) is 0 Å². The summed E-state index contributed by atoms with van der Waals surface area (Å²) in [6.45, 7) is 0.422. The molecule has 0 heterocycles. The van der Waals surface area contributed by atoms with Crippen LogP contribution in [0.1, 0.15) is 39.1 Å². The highest BCUT2D eigenvalue weighted by atomic mass is 16.2. The summed E-state index contributed by atoms with van der Waals surface area (Å²) in [5, 5.41) is 5.44. The molecule has 2 aromatic carbocycles. The summed E-state index contributed by atoms with van der Waals surface area (Å²) < 4.78 is 0. The Balaban J connectivity index is 1.64. The molecular weight excluding hydrogens is 342 g/mol. The fraction of sp³-hybridized carbons (Fsp3) is 0.286. The Labute approximate surface area is 158 Å². The van der Waals surface area contributed by atoms with Crippen LogP contribution in [0.25, 0.3) is 0 Å². The minimum absolute atomic E-state index is 0.0177. The number of amides is 3. The molecular formula is C21H23N3O3. The molecule has 3 rings (SSSR count). The first kappa shape index (κ1) is 18.6. The van der Waals surface area contributed by atoms with Crippen LogP contribution in [0.5, 0.6) is 0 Å². The average Bonchev–Trinajstić information content (AvgIpc) is 3.53. The van der Waals surface area contributed by atoms with Crippen LogP contribution < -0.4 is 10.6 Å². The van der Waals surface area contributed by atoms with Gasteiger partial charge < -0.3 is 15.5 Å². The van der Waals surface area contributed by atoms with E-state index in [1.165, 1.54) is 0 Å². The minimum Gasteiger partial charge on any atom is -0.355 e. The summed E-state index contributed by atoms with van der Waals surface area (Å²) in [4.78, 5) is 37.8. The van der Waals surface area contributed by atoms with Gasteiger partial charge in [-0.25, -0.2) is 0 Å². The largest absolute Gasteiger partial charge is 0.355 e. The molecule has 0 saturated heterocycles. The predicted octanol–water partition coefficient (Wildman–Crippen LogP) is 2.67. The van der Waals surface area contributed by atoms with Crippen molar-refractivity contribution in [3.63, 3.8) is 0 Å². The third kappa shape index (κ3) is 4.73. The zero-order chi connectivity index (χ0) is 19.4. The number of rotatable bonds is 6. The zero-order valence-corrected chi connectivity index (χ0v) is 15.5. The molecule has 1 saturated carbocycles. The molecule has 3 amide bonds. The quantitative estimate of drug-likeness (QED) is 0.826. The first-order chi connectivity index (χ1) is 13.0. The molecule has 1 fully saturated rings. The number of carbonyl (C=O) groups excluding carboxylic acids is 3. The Kier molecular flexibility index (Phi) is 5.54. The van der Waals surface area contributed by atoms with Crippen molar-refractivity contribution in [1.29, 1.82) is 0 Å². The van der Waals surface area contributed by atoms with Crippen LogP contribution in [-0.2, 0) is 11.3 Å². The van der Waals surface area contributed by atoms with Gasteiger partial charge in [0.1, 0.15) is 0 Å². The lowest BCUT2D eigenvalue weighted by molar-refractivity contribution is -0.117. The topological polar surface area (TPSA) is 78.5 Å². The van der Waals surface area contributed by atoms with Crippen molar-refractivity contribution in [2.45, 2.75) is 19.4 Å². The molecule has 1 aliphatic rings. The van der Waals surface area contributed by atoms with E-state index in [1.807, 2.05) is 12.1 Å². The van der Waals surface area contributed by atoms with E-state index in [0.29, 0.717) is 23.4 Å². The number of anilines is 1. The number of nitrogens with zero attached hydrogens (tertiary/aromatic N) is 1. The third-order valence-electron chi connectivity index (χ3n) is 4.53. The summed E-state index contributed by atoms with van der Waals surface area (Å²) in [5.41, 5.74) is 2.67. The van der Waals surface area contributed by atoms with Crippen LogP contribution in [0, 0.1) is 5.92 Å². The number of nitrogens with one attached hydrogen (secondary N) is 2. The Morgan fingerprint density at radius 1 is 1.04 bits per heavy atom. The first-order valence-electron chi connectivity index (χ1n) is 8.95. The maximum Gasteiger partial charge on any atom is 0.253 e. The summed E-state index contributed by atoms with van der Waals surface area (Å²) in [6.07, 6.45) is 1.87. The number of carbonyl (C=O) groups is 3. The fourth-order valence-electron chi connectivity index (χ4n) is 2.79. The molecule has 6 heteroatoms. The van der Waals surface area contributed by atoms with Crippen LogP contribution in [0.15, 0.2) is 48.5 Å². The van der Waals surface area contributed by atoms with E-state index in [-0.39, 0.29) is 23.6 Å². The van der Waals surface area contributed by atoms with E-state index in [2.05, 4.69) is 10.6 Å². The van der Waals surface area contributed by atoms with Crippen LogP contribution in [0.4, 0.5) is 5.69 Å². The summed E-state index contributed by atoms with van der Waals surface area (Å²) in [5.74, 6) is -0.141. The minimum atomic E-state index is -0.143. The predicted molar refractivity (Wildman–Crippen MR) is 103 cm³/mol. The monoisotopic (exact) mass is 365 g/mol. The second kappa shape index (κ2) is 8.03. The van der Waals surface area contributed by atoms with Gasteiger partial charge in [0.05, 0.1) is 0 Å². The van der Waals surface area contributed by atoms with Gasteiger partial charge in [0.25, 0.3) is 11.8 Å². The second-order valence-corrected chi connectivity index (χ2v) is 6.78. The van der Waals surface area contributed by atoms with E-state index in [0.717, 1.165) is 18.4 Å². The molecule has 1 aliphatic carbocycles. The molecule has 140 valence electrons. The molecule has 0 atom stereocenters. The van der Waals surface area contributed by atoms with Crippen molar-refractivity contribution < 1.29 is 14.4 Å². The van der Waals surface area contributed by atoms with E-state index < -0.39 is 0 Å². The molecule has 6 nitrogen and oxygen atoms in total. The molecule has 0 radical (unpaired) electrons. The molecule has 2 N–H and O–H groups in total. The fourth-order valence-corrected chi connectivity index (χ4v) is 2.79. The molecule has 2 aromatic rings. The average molecular weight is 365 g/mol. The Morgan fingerprint density at radius 2 is 1.74 bits per heavy atom. The lowest BCUT2D eigenvalue weighted by Crippen LogP contribution is -2.26. The van der Waals surface area contributed by atoms with Gasteiger partial charge in [-0.15, -0.1) is 0 Å². The van der Waals surface area contributed by atoms with Gasteiger partial charge in [-0.2, -0.15) is 0 Å². The second-order valence-electron chi connectivity index (χ2n) is 6.78. The molecule has 0 aliphatic heterocycles. The molecule has 0 spiro atoms. The maximum atomic E-state index is 12.7. The van der Waals surface area contributed by atoms with E-state index in [4.69, 9.17) is 0 Å². The highest BCUT2D eigenvalue weighted by molar-refractivity contribution is 5.98. The lowest BCUT2D eigenvalue weighted by Gasteiger charge is -2.18. The van der Waals surface area contributed by atoms with Gasteiger partial charge in [0.15, 0.2) is 0 Å². The lowest BCUT2D eigenvalue weighted by atomic mass is 10.1. The Hall–Kier alpha value is -3.15. The van der Waals surface area contributed by atoms with Crippen LogP contribution >= 0.6 is 0 Å². The standard InChI is InChI=1S/C21H23N3O3/c1-22-19(25)15-8-6-14(7-9-15)13-24(2)21(27)17-4-3-5-18(12-17)23-20(26)16-10-11-16/h3-9,12,16H,10-11,13H2,1-2H3,(H,22,25)(H,23,26). The van der Waals surface area contributed by atoms with Gasteiger partial charge in [-0.05, 0) is 48.7 Å². The number of benzene rings is 2. The number of hydrogen-bond acceptors (Lipinski definition) is 3. The zero-order valence-electron chi connectivity index (χ0n) is 15.5. The van der Waals surface area contributed by atoms with E-state index in [9.17, 15) is 14.4 Å². The van der Waals surface area contributed by atoms with Crippen LogP contribution in [-0.4, -0.2) is 36.7 Å². The molecule has 0 bridgehead atoms. The summed E-state index contributed by atoms with van der Waals surface area (Å²) in [6, 6.07) is 14.1. The molecule has 0 aromatic heterocycles. The van der Waals surface area contributed by atoms with Crippen molar-refractivity contribution in [2.75, 3.05) is 19.4 Å². The summed E-state index contributed by atoms with van der Waals surface area (Å²) >= 11 is 0. The van der Waals surface area contributed by atoms with Gasteiger partial charge in [-0.1, -0.05) is 18.2 Å². The highest BCUT2D eigenvalue weighted by Gasteiger charge is 2.29. The molecule has 27 heavy (non-hydrogen) atoms.